The van der Waals surface area contributed by atoms with Crippen molar-refractivity contribution in [2.24, 2.45) is 34.2 Å². The maximum atomic E-state index is 14.7. The molecule has 0 radical (unpaired) electrons. The maximum Gasteiger partial charge on any atom is 0.573 e. The highest BCUT2D eigenvalue weighted by Crippen LogP contribution is 2.60. The number of nitrogens with zero attached hydrogens (tertiary/aromatic N) is 2. The van der Waals surface area contributed by atoms with Crippen LogP contribution >= 0.6 is 11.9 Å². The molecule has 5 aliphatic rings. The SMILES string of the molecule is NSC1CCC(CNC2C3CC4CC2CC(CNc2nc(NCc5ccccc5OC(F)(F)F)ncc2F)(C4)C3)CC1. The molecule has 7 nitrogen and oxygen atoms in total. The van der Waals surface area contributed by atoms with Crippen molar-refractivity contribution in [1.82, 2.24) is 15.3 Å². The van der Waals surface area contributed by atoms with Gasteiger partial charge in [0.2, 0.25) is 5.95 Å². The van der Waals surface area contributed by atoms with E-state index < -0.39 is 12.2 Å². The predicted molar refractivity (Wildman–Crippen MR) is 156 cm³/mol. The summed E-state index contributed by atoms with van der Waals surface area (Å²) >= 11 is 1.52. The smallest absolute Gasteiger partial charge is 0.405 e. The van der Waals surface area contributed by atoms with Crippen LogP contribution in [0.25, 0.3) is 0 Å². The van der Waals surface area contributed by atoms with E-state index in [2.05, 4.69) is 30.7 Å². The Morgan fingerprint density at radius 1 is 1.02 bits per heavy atom. The minimum atomic E-state index is -4.80. The van der Waals surface area contributed by atoms with Gasteiger partial charge < -0.3 is 20.7 Å². The van der Waals surface area contributed by atoms with Crippen molar-refractivity contribution in [1.29, 1.82) is 0 Å². The van der Waals surface area contributed by atoms with Gasteiger partial charge in [-0.1, -0.05) is 30.1 Å². The summed E-state index contributed by atoms with van der Waals surface area (Å²) in [6.45, 7) is 1.75. The van der Waals surface area contributed by atoms with Gasteiger partial charge in [-0.3, -0.25) is 5.14 Å². The minimum absolute atomic E-state index is 0.00584. The largest absolute Gasteiger partial charge is 0.573 e. The molecule has 42 heavy (non-hydrogen) atoms. The number of para-hydroxylation sites is 1. The van der Waals surface area contributed by atoms with Crippen LogP contribution in [0, 0.1) is 34.9 Å². The maximum absolute atomic E-state index is 14.7. The summed E-state index contributed by atoms with van der Waals surface area (Å²) in [4.78, 5) is 8.32. The minimum Gasteiger partial charge on any atom is -0.405 e. The average Bonchev–Trinajstić information content (AvgIpc) is 2.95. The van der Waals surface area contributed by atoms with Crippen LogP contribution in [-0.4, -0.2) is 40.7 Å². The zero-order valence-electron chi connectivity index (χ0n) is 23.6. The highest BCUT2D eigenvalue weighted by Gasteiger charge is 2.55. The number of hydrogen-bond acceptors (Lipinski definition) is 8. The number of hydrogen-bond donors (Lipinski definition) is 4. The predicted octanol–water partition coefficient (Wildman–Crippen LogP) is 6.49. The molecule has 2 aromatic rings. The zero-order chi connectivity index (χ0) is 29.3. The third-order valence-electron chi connectivity index (χ3n) is 10.0. The van der Waals surface area contributed by atoms with Gasteiger partial charge in [-0.25, -0.2) is 9.37 Å². The fourth-order valence-electron chi connectivity index (χ4n) is 8.41. The van der Waals surface area contributed by atoms with Gasteiger partial charge in [-0.15, -0.1) is 13.2 Å². The van der Waals surface area contributed by atoms with Crippen molar-refractivity contribution in [3.8, 4) is 5.75 Å². The zero-order valence-corrected chi connectivity index (χ0v) is 24.5. The quantitative estimate of drug-likeness (QED) is 0.170. The lowest BCUT2D eigenvalue weighted by Gasteiger charge is -2.60. The second kappa shape index (κ2) is 12.4. The van der Waals surface area contributed by atoms with E-state index in [1.54, 1.807) is 6.07 Å². The molecular weight excluding hydrogens is 568 g/mol. The molecule has 5 aliphatic carbocycles. The fraction of sp³-hybridized carbons (Fsp3) is 0.667. The number of nitrogens with two attached hydrogens (primary N) is 1. The molecule has 12 heteroatoms. The molecule has 5 N–H and O–H groups in total. The molecule has 0 spiro atoms. The molecule has 0 amide bonds. The summed E-state index contributed by atoms with van der Waals surface area (Å²) in [6, 6.07) is 6.44. The van der Waals surface area contributed by atoms with E-state index in [1.165, 1.54) is 68.7 Å². The van der Waals surface area contributed by atoms with Gasteiger partial charge in [0.05, 0.1) is 6.20 Å². The van der Waals surface area contributed by atoms with Crippen LogP contribution in [0.15, 0.2) is 30.5 Å². The standard InChI is InChI=1S/C30H40F4N6OS/c31-24-16-38-28(37-15-20-3-1-2-4-25(20)41-30(32,33)34)40-27(24)39-17-29-11-19-9-21(12-29)26(22(10-19)13-29)36-14-18-5-7-23(42-35)8-6-18/h1-4,16,18-19,21-23,26,36H,5-15,17,35H2,(H2,37,38,39,40). The lowest BCUT2D eigenvalue weighted by molar-refractivity contribution is -0.274. The lowest BCUT2D eigenvalue weighted by atomic mass is 9.48. The van der Waals surface area contributed by atoms with E-state index in [4.69, 9.17) is 5.14 Å². The van der Waals surface area contributed by atoms with Gasteiger partial charge >= 0.3 is 6.36 Å². The number of rotatable bonds is 11. The molecule has 4 bridgehead atoms. The Hall–Kier alpha value is -2.31. The fourth-order valence-corrected chi connectivity index (χ4v) is 8.96. The third kappa shape index (κ3) is 6.91. The van der Waals surface area contributed by atoms with Crippen molar-refractivity contribution >= 4 is 23.7 Å². The Kier molecular flexibility index (Phi) is 8.75. The second-order valence-electron chi connectivity index (χ2n) is 12.9. The molecule has 2 atom stereocenters. The summed E-state index contributed by atoms with van der Waals surface area (Å²) in [6.07, 6.45) is 7.25. The lowest BCUT2D eigenvalue weighted by Crippen LogP contribution is -2.60. The normalized spacial score (nSPS) is 32.1. The van der Waals surface area contributed by atoms with Crippen LogP contribution < -0.4 is 25.8 Å². The first-order chi connectivity index (χ1) is 20.2. The Bertz CT molecular complexity index is 1210. The van der Waals surface area contributed by atoms with Gasteiger partial charge in [0.25, 0.3) is 0 Å². The van der Waals surface area contributed by atoms with E-state index in [0.717, 1.165) is 43.8 Å². The Balaban J connectivity index is 1.04. The molecule has 0 saturated heterocycles. The van der Waals surface area contributed by atoms with Gasteiger partial charge in [-0.2, -0.15) is 4.98 Å². The number of aromatic nitrogens is 2. The van der Waals surface area contributed by atoms with Crippen LogP contribution in [0.3, 0.4) is 0 Å². The molecule has 1 aromatic carbocycles. The summed E-state index contributed by atoms with van der Waals surface area (Å²) in [7, 11) is 0. The van der Waals surface area contributed by atoms with E-state index in [0.29, 0.717) is 29.7 Å². The number of benzene rings is 1. The topological polar surface area (TPSA) is 97.1 Å². The number of nitrogens with one attached hydrogen (secondary N) is 3. The molecule has 1 heterocycles. The van der Waals surface area contributed by atoms with Crippen molar-refractivity contribution in [3.05, 3.63) is 41.8 Å². The Labute approximate surface area is 248 Å². The van der Waals surface area contributed by atoms with Crippen LogP contribution in [0.2, 0.25) is 0 Å². The number of ether oxygens (including phenoxy) is 1. The summed E-state index contributed by atoms with van der Waals surface area (Å²) in [5.74, 6) is 2.18. The Morgan fingerprint density at radius 3 is 2.48 bits per heavy atom. The molecule has 7 rings (SSSR count). The first-order valence-corrected chi connectivity index (χ1v) is 16.1. The second-order valence-corrected chi connectivity index (χ2v) is 13.9. The molecule has 5 saturated carbocycles. The molecule has 5 fully saturated rings. The monoisotopic (exact) mass is 608 g/mol. The summed E-state index contributed by atoms with van der Waals surface area (Å²) < 4.78 is 57.2. The van der Waals surface area contributed by atoms with Crippen LogP contribution in [0.5, 0.6) is 5.75 Å². The summed E-state index contributed by atoms with van der Waals surface area (Å²) in [5.41, 5.74) is 0.417. The highest BCUT2D eigenvalue weighted by molar-refractivity contribution is 7.97. The summed E-state index contributed by atoms with van der Waals surface area (Å²) in [5, 5.41) is 16.6. The van der Waals surface area contributed by atoms with Crippen molar-refractivity contribution in [2.75, 3.05) is 23.7 Å². The van der Waals surface area contributed by atoms with Crippen LogP contribution in [0.1, 0.15) is 63.4 Å². The van der Waals surface area contributed by atoms with Gasteiger partial charge in [0.15, 0.2) is 11.6 Å². The van der Waals surface area contributed by atoms with Crippen molar-refractivity contribution < 1.29 is 22.3 Å². The first-order valence-electron chi connectivity index (χ1n) is 15.1. The highest BCUT2D eigenvalue weighted by atomic mass is 32.2. The van der Waals surface area contributed by atoms with E-state index in [-0.39, 0.29) is 35.0 Å². The third-order valence-corrected chi connectivity index (χ3v) is 10.9. The molecule has 0 aliphatic heterocycles. The molecule has 1 aromatic heterocycles. The van der Waals surface area contributed by atoms with Crippen molar-refractivity contribution in [3.63, 3.8) is 0 Å². The van der Waals surface area contributed by atoms with E-state index >= 15 is 0 Å². The van der Waals surface area contributed by atoms with Gasteiger partial charge in [0.1, 0.15) is 5.75 Å². The van der Waals surface area contributed by atoms with Crippen LogP contribution in [0.4, 0.5) is 29.3 Å². The van der Waals surface area contributed by atoms with Crippen LogP contribution in [-0.2, 0) is 6.54 Å². The Morgan fingerprint density at radius 2 is 1.76 bits per heavy atom. The number of alkyl halides is 3. The molecule has 230 valence electrons. The average molecular weight is 609 g/mol. The molecular formula is C30H40F4N6OS. The van der Waals surface area contributed by atoms with E-state index in [1.807, 2.05) is 0 Å². The van der Waals surface area contributed by atoms with E-state index in [9.17, 15) is 17.6 Å². The number of anilines is 2. The molecule has 2 unspecified atom stereocenters. The van der Waals surface area contributed by atoms with Crippen molar-refractivity contribution in [2.45, 2.75) is 82.0 Å². The van der Waals surface area contributed by atoms with Gasteiger partial charge in [0, 0.05) is 29.9 Å². The number of halogens is 4. The first kappa shape index (κ1) is 29.7. The van der Waals surface area contributed by atoms with Gasteiger partial charge in [-0.05, 0) is 99.5 Å².